The van der Waals surface area contributed by atoms with E-state index in [9.17, 15) is 0 Å². The second-order valence-corrected chi connectivity index (χ2v) is 6.51. The maximum absolute atomic E-state index is 5.63. The third kappa shape index (κ3) is 8.91. The Morgan fingerprint density at radius 1 is 1.40 bits per heavy atom. The van der Waals surface area contributed by atoms with Gasteiger partial charge in [-0.3, -0.25) is 4.99 Å². The van der Waals surface area contributed by atoms with Crippen molar-refractivity contribution in [3.63, 3.8) is 0 Å². The quantitative estimate of drug-likeness (QED) is 0.352. The molecule has 1 saturated heterocycles. The number of likely N-dealkylation sites (tertiary alicyclic amines) is 1. The SMILES string of the molecule is CN=C(NCCc1ccco1)NC1CCN(CCOC(C)C)CC1.I. The number of furan rings is 1. The molecule has 25 heavy (non-hydrogen) atoms. The molecule has 0 atom stereocenters. The first-order valence-electron chi connectivity index (χ1n) is 9.01. The predicted molar refractivity (Wildman–Crippen MR) is 113 cm³/mol. The molecule has 0 aromatic carbocycles. The molecule has 2 heterocycles. The molecule has 0 amide bonds. The summed E-state index contributed by atoms with van der Waals surface area (Å²) in [5.74, 6) is 1.87. The monoisotopic (exact) mass is 464 g/mol. The number of piperidine rings is 1. The Morgan fingerprint density at radius 3 is 2.76 bits per heavy atom. The zero-order chi connectivity index (χ0) is 17.2. The summed E-state index contributed by atoms with van der Waals surface area (Å²) in [7, 11) is 1.82. The van der Waals surface area contributed by atoms with Crippen LogP contribution in [0.2, 0.25) is 0 Å². The Hall–Kier alpha value is -0.800. The first-order chi connectivity index (χ1) is 11.7. The van der Waals surface area contributed by atoms with Gasteiger partial charge >= 0.3 is 0 Å². The molecule has 0 spiro atoms. The minimum absolute atomic E-state index is 0. The van der Waals surface area contributed by atoms with E-state index in [1.807, 2.05) is 19.2 Å². The molecule has 0 unspecified atom stereocenters. The maximum Gasteiger partial charge on any atom is 0.191 e. The second kappa shape index (κ2) is 12.5. The Morgan fingerprint density at radius 2 is 2.16 bits per heavy atom. The summed E-state index contributed by atoms with van der Waals surface area (Å²) in [6.07, 6.45) is 5.17. The van der Waals surface area contributed by atoms with Gasteiger partial charge in [-0.2, -0.15) is 0 Å². The standard InChI is InChI=1S/C18H32N4O2.HI/c1-15(2)23-14-12-22-10-7-16(8-11-22)21-18(19-3)20-9-6-17-5-4-13-24-17;/h4-5,13,15-16H,6-12,14H2,1-3H3,(H2,19,20,21);1H. The van der Waals surface area contributed by atoms with Crippen molar-refractivity contribution in [1.82, 2.24) is 15.5 Å². The summed E-state index contributed by atoms with van der Waals surface area (Å²) in [6, 6.07) is 4.40. The average Bonchev–Trinajstić information content (AvgIpc) is 3.08. The van der Waals surface area contributed by atoms with Gasteiger partial charge in [0.05, 0.1) is 19.0 Å². The van der Waals surface area contributed by atoms with Gasteiger partial charge in [0, 0.05) is 45.7 Å². The largest absolute Gasteiger partial charge is 0.469 e. The van der Waals surface area contributed by atoms with Crippen LogP contribution in [0.3, 0.4) is 0 Å². The zero-order valence-electron chi connectivity index (χ0n) is 15.7. The number of halogens is 1. The van der Waals surface area contributed by atoms with Crippen molar-refractivity contribution in [2.75, 3.05) is 39.8 Å². The molecule has 0 saturated carbocycles. The smallest absolute Gasteiger partial charge is 0.191 e. The van der Waals surface area contributed by atoms with Crippen molar-refractivity contribution < 1.29 is 9.15 Å². The van der Waals surface area contributed by atoms with Crippen molar-refractivity contribution in [3.05, 3.63) is 24.2 Å². The summed E-state index contributed by atoms with van der Waals surface area (Å²) < 4.78 is 11.0. The number of hydrogen-bond acceptors (Lipinski definition) is 4. The summed E-state index contributed by atoms with van der Waals surface area (Å²) in [4.78, 5) is 6.80. The van der Waals surface area contributed by atoms with Gasteiger partial charge in [0.2, 0.25) is 0 Å². The van der Waals surface area contributed by atoms with Gasteiger partial charge in [-0.15, -0.1) is 24.0 Å². The van der Waals surface area contributed by atoms with E-state index >= 15 is 0 Å². The molecular formula is C18H33IN4O2. The first kappa shape index (κ1) is 22.2. The van der Waals surface area contributed by atoms with Crippen molar-refractivity contribution in [2.24, 2.45) is 4.99 Å². The van der Waals surface area contributed by atoms with Crippen LogP contribution in [0, 0.1) is 0 Å². The number of rotatable bonds is 8. The van der Waals surface area contributed by atoms with Crippen LogP contribution in [0.4, 0.5) is 0 Å². The van der Waals surface area contributed by atoms with E-state index < -0.39 is 0 Å². The van der Waals surface area contributed by atoms with Crippen LogP contribution in [-0.2, 0) is 11.2 Å². The van der Waals surface area contributed by atoms with Gasteiger partial charge in [-0.25, -0.2) is 0 Å². The van der Waals surface area contributed by atoms with Gasteiger partial charge < -0.3 is 24.7 Å². The highest BCUT2D eigenvalue weighted by Crippen LogP contribution is 2.10. The third-order valence-electron chi connectivity index (χ3n) is 4.25. The van der Waals surface area contributed by atoms with E-state index in [2.05, 4.69) is 34.4 Å². The number of aliphatic imine (C=N–C) groups is 1. The van der Waals surface area contributed by atoms with Crippen LogP contribution in [0.5, 0.6) is 0 Å². The lowest BCUT2D eigenvalue weighted by Gasteiger charge is -2.33. The average molecular weight is 464 g/mol. The summed E-state index contributed by atoms with van der Waals surface area (Å²) in [6.45, 7) is 9.07. The number of ether oxygens (including phenoxy) is 1. The molecule has 1 aliphatic heterocycles. The molecule has 0 bridgehead atoms. The molecule has 0 radical (unpaired) electrons. The third-order valence-corrected chi connectivity index (χ3v) is 4.25. The van der Waals surface area contributed by atoms with Gasteiger partial charge in [0.1, 0.15) is 5.76 Å². The summed E-state index contributed by atoms with van der Waals surface area (Å²) in [5.41, 5.74) is 0. The molecule has 2 N–H and O–H groups in total. The van der Waals surface area contributed by atoms with Crippen molar-refractivity contribution in [1.29, 1.82) is 0 Å². The Labute approximate surface area is 168 Å². The van der Waals surface area contributed by atoms with E-state index in [1.165, 1.54) is 0 Å². The fourth-order valence-electron chi connectivity index (χ4n) is 2.87. The van der Waals surface area contributed by atoms with Gasteiger partial charge in [0.15, 0.2) is 5.96 Å². The van der Waals surface area contributed by atoms with Gasteiger partial charge in [-0.05, 0) is 38.8 Å². The Kier molecular flexibility index (Phi) is 11.2. The zero-order valence-corrected chi connectivity index (χ0v) is 18.0. The lowest BCUT2D eigenvalue weighted by molar-refractivity contribution is 0.0532. The van der Waals surface area contributed by atoms with Crippen LogP contribution >= 0.6 is 24.0 Å². The fourth-order valence-corrected chi connectivity index (χ4v) is 2.87. The lowest BCUT2D eigenvalue weighted by atomic mass is 10.1. The molecule has 1 aliphatic rings. The second-order valence-electron chi connectivity index (χ2n) is 6.51. The number of nitrogens with zero attached hydrogens (tertiary/aromatic N) is 2. The van der Waals surface area contributed by atoms with E-state index in [0.29, 0.717) is 12.1 Å². The lowest BCUT2D eigenvalue weighted by Crippen LogP contribution is -2.49. The number of nitrogens with one attached hydrogen (secondary N) is 2. The fraction of sp³-hybridized carbons (Fsp3) is 0.722. The van der Waals surface area contributed by atoms with Crippen LogP contribution < -0.4 is 10.6 Å². The topological polar surface area (TPSA) is 62.0 Å². The maximum atomic E-state index is 5.63. The molecule has 1 aromatic heterocycles. The Balaban J connectivity index is 0.00000312. The minimum Gasteiger partial charge on any atom is -0.469 e. The first-order valence-corrected chi connectivity index (χ1v) is 9.01. The van der Waals surface area contributed by atoms with Crippen LogP contribution in [0.15, 0.2) is 27.8 Å². The highest BCUT2D eigenvalue weighted by Gasteiger charge is 2.19. The molecule has 6 nitrogen and oxygen atoms in total. The molecule has 1 aromatic rings. The minimum atomic E-state index is 0. The normalized spacial score (nSPS) is 16.7. The van der Waals surface area contributed by atoms with Crippen LogP contribution in [0.25, 0.3) is 0 Å². The van der Waals surface area contributed by atoms with Gasteiger partial charge in [0.25, 0.3) is 0 Å². The molecular weight excluding hydrogens is 431 g/mol. The summed E-state index contributed by atoms with van der Waals surface area (Å²) >= 11 is 0. The van der Waals surface area contributed by atoms with Crippen molar-refractivity contribution >= 4 is 29.9 Å². The number of hydrogen-bond donors (Lipinski definition) is 2. The molecule has 7 heteroatoms. The number of guanidine groups is 1. The molecule has 2 rings (SSSR count). The van der Waals surface area contributed by atoms with Crippen molar-refractivity contribution in [3.8, 4) is 0 Å². The molecule has 144 valence electrons. The van der Waals surface area contributed by atoms with Gasteiger partial charge in [-0.1, -0.05) is 0 Å². The molecule has 0 aliphatic carbocycles. The Bertz CT molecular complexity index is 471. The van der Waals surface area contributed by atoms with Crippen LogP contribution in [-0.4, -0.2) is 62.8 Å². The van der Waals surface area contributed by atoms with E-state index in [1.54, 1.807) is 6.26 Å². The highest BCUT2D eigenvalue weighted by atomic mass is 127. The van der Waals surface area contributed by atoms with E-state index in [-0.39, 0.29) is 24.0 Å². The summed E-state index contributed by atoms with van der Waals surface area (Å²) in [5, 5.41) is 6.89. The van der Waals surface area contributed by atoms with Crippen molar-refractivity contribution in [2.45, 2.75) is 45.3 Å². The van der Waals surface area contributed by atoms with E-state index in [4.69, 9.17) is 9.15 Å². The van der Waals surface area contributed by atoms with E-state index in [0.717, 1.165) is 63.8 Å². The highest BCUT2D eigenvalue weighted by molar-refractivity contribution is 14.0. The van der Waals surface area contributed by atoms with Crippen LogP contribution in [0.1, 0.15) is 32.4 Å². The molecule has 1 fully saturated rings. The predicted octanol–water partition coefficient (Wildman–Crippen LogP) is 2.49.